The number of amides is 1. The van der Waals surface area contributed by atoms with Gasteiger partial charge in [0.25, 0.3) is 0 Å². The van der Waals surface area contributed by atoms with E-state index in [1.807, 2.05) is 0 Å². The van der Waals surface area contributed by atoms with Crippen molar-refractivity contribution in [1.82, 2.24) is 0 Å². The number of carbonyl (C=O) groups excluding carboxylic acids is 1. The van der Waals surface area contributed by atoms with Crippen molar-refractivity contribution in [2.24, 2.45) is 5.92 Å². The van der Waals surface area contributed by atoms with Gasteiger partial charge >= 0.3 is 5.97 Å². The summed E-state index contributed by atoms with van der Waals surface area (Å²) in [4.78, 5) is 23.5. The van der Waals surface area contributed by atoms with E-state index in [-0.39, 0.29) is 18.7 Å². The van der Waals surface area contributed by atoms with Gasteiger partial charge in [0.1, 0.15) is 5.75 Å². The molecule has 0 fully saturated rings. The number of aliphatic carboxylic acids is 1. The van der Waals surface area contributed by atoms with Crippen molar-refractivity contribution in [1.29, 1.82) is 0 Å². The van der Waals surface area contributed by atoms with Crippen LogP contribution in [-0.2, 0) is 16.0 Å². The number of methoxy groups -OCH3 is 1. The number of hydrogen-bond donors (Lipinski definition) is 2. The lowest BCUT2D eigenvalue weighted by molar-refractivity contribution is -0.143. The third kappa shape index (κ3) is 5.28. The maximum atomic E-state index is 12.1. The van der Waals surface area contributed by atoms with E-state index < -0.39 is 11.9 Å². The lowest BCUT2D eigenvalue weighted by Crippen LogP contribution is -2.24. The molecule has 0 bridgehead atoms. The second-order valence-electron chi connectivity index (χ2n) is 5.35. The Balaban J connectivity index is 1.97. The third-order valence-corrected chi connectivity index (χ3v) is 3.80. The highest BCUT2D eigenvalue weighted by Crippen LogP contribution is 2.18. The van der Waals surface area contributed by atoms with Crippen LogP contribution in [0.4, 0.5) is 5.69 Å². The number of anilines is 1. The van der Waals surface area contributed by atoms with Crippen molar-refractivity contribution in [2.45, 2.75) is 12.8 Å². The molecule has 5 nitrogen and oxygen atoms in total. The van der Waals surface area contributed by atoms with Gasteiger partial charge in [-0.15, -0.1) is 0 Å². The van der Waals surface area contributed by atoms with Gasteiger partial charge in [-0.1, -0.05) is 23.7 Å². The van der Waals surface area contributed by atoms with Crippen LogP contribution < -0.4 is 10.1 Å². The van der Waals surface area contributed by atoms with E-state index in [4.69, 9.17) is 16.3 Å². The second-order valence-corrected chi connectivity index (χ2v) is 5.78. The summed E-state index contributed by atoms with van der Waals surface area (Å²) in [6.45, 7) is 0. The van der Waals surface area contributed by atoms with E-state index in [0.717, 1.165) is 5.56 Å². The SMILES string of the molecule is COc1ccc(CC(CC(=O)Nc2ccc(Cl)cc2)C(=O)O)cc1. The van der Waals surface area contributed by atoms with E-state index >= 15 is 0 Å². The maximum absolute atomic E-state index is 12.1. The lowest BCUT2D eigenvalue weighted by atomic mass is 9.96. The minimum absolute atomic E-state index is 0.107. The Hall–Kier alpha value is -2.53. The normalized spacial score (nSPS) is 11.6. The minimum Gasteiger partial charge on any atom is -0.497 e. The van der Waals surface area contributed by atoms with Crippen LogP contribution in [0.5, 0.6) is 5.75 Å². The molecule has 0 aliphatic carbocycles. The van der Waals surface area contributed by atoms with Gasteiger partial charge in [0.15, 0.2) is 0 Å². The van der Waals surface area contributed by atoms with Crippen LogP contribution in [-0.4, -0.2) is 24.1 Å². The Labute approximate surface area is 145 Å². The summed E-state index contributed by atoms with van der Waals surface area (Å²) in [6, 6.07) is 13.8. The van der Waals surface area contributed by atoms with Crippen LogP contribution in [0.25, 0.3) is 0 Å². The summed E-state index contributed by atoms with van der Waals surface area (Å²) in [5, 5.41) is 12.6. The van der Waals surface area contributed by atoms with Crippen molar-refractivity contribution in [3.8, 4) is 5.75 Å². The highest BCUT2D eigenvalue weighted by Gasteiger charge is 2.22. The lowest BCUT2D eigenvalue weighted by Gasteiger charge is -2.13. The average molecular weight is 348 g/mol. The molecule has 24 heavy (non-hydrogen) atoms. The first-order chi connectivity index (χ1) is 11.5. The first-order valence-electron chi connectivity index (χ1n) is 7.39. The molecule has 0 saturated carbocycles. The number of ether oxygens (including phenoxy) is 1. The largest absolute Gasteiger partial charge is 0.497 e. The number of benzene rings is 2. The highest BCUT2D eigenvalue weighted by atomic mass is 35.5. The van der Waals surface area contributed by atoms with Crippen molar-refractivity contribution in [2.75, 3.05) is 12.4 Å². The number of rotatable bonds is 7. The molecule has 1 unspecified atom stereocenters. The maximum Gasteiger partial charge on any atom is 0.307 e. The number of hydrogen-bond acceptors (Lipinski definition) is 3. The predicted octanol–water partition coefficient (Wildman–Crippen LogP) is 3.62. The molecular formula is C18H18ClNO4. The van der Waals surface area contributed by atoms with Gasteiger partial charge in [0.2, 0.25) is 5.91 Å². The fourth-order valence-electron chi connectivity index (χ4n) is 2.26. The summed E-state index contributed by atoms with van der Waals surface area (Å²) in [6.07, 6.45) is 0.164. The molecule has 1 amide bonds. The molecule has 0 heterocycles. The average Bonchev–Trinajstić information content (AvgIpc) is 2.57. The van der Waals surface area contributed by atoms with Crippen LogP contribution in [0.2, 0.25) is 5.02 Å². The van der Waals surface area contributed by atoms with E-state index in [9.17, 15) is 14.7 Å². The molecule has 0 aliphatic heterocycles. The molecule has 6 heteroatoms. The minimum atomic E-state index is -1.00. The first-order valence-corrected chi connectivity index (χ1v) is 7.77. The fraction of sp³-hybridized carbons (Fsp3) is 0.222. The zero-order valence-electron chi connectivity index (χ0n) is 13.2. The summed E-state index contributed by atoms with van der Waals surface area (Å²) in [5.74, 6) is -1.45. The quantitative estimate of drug-likeness (QED) is 0.802. The van der Waals surface area contributed by atoms with Crippen molar-refractivity contribution in [3.05, 3.63) is 59.1 Å². The molecule has 0 spiro atoms. The molecule has 2 rings (SSSR count). The molecule has 0 aliphatic rings. The van der Waals surface area contributed by atoms with E-state index in [1.165, 1.54) is 0 Å². The summed E-state index contributed by atoms with van der Waals surface area (Å²) >= 11 is 5.79. The summed E-state index contributed by atoms with van der Waals surface area (Å²) in [5.41, 5.74) is 1.42. The molecule has 0 saturated heterocycles. The Morgan fingerprint density at radius 3 is 2.29 bits per heavy atom. The monoisotopic (exact) mass is 347 g/mol. The zero-order valence-corrected chi connectivity index (χ0v) is 13.9. The topological polar surface area (TPSA) is 75.6 Å². The number of carbonyl (C=O) groups is 2. The molecule has 2 aromatic carbocycles. The van der Waals surface area contributed by atoms with Gasteiger partial charge < -0.3 is 15.2 Å². The molecule has 0 radical (unpaired) electrons. The second kappa shape index (κ2) is 8.36. The molecule has 2 aromatic rings. The summed E-state index contributed by atoms with van der Waals surface area (Å²) in [7, 11) is 1.57. The van der Waals surface area contributed by atoms with Crippen LogP contribution in [0.3, 0.4) is 0 Å². The Bertz CT molecular complexity index is 698. The number of carboxylic acid groups (broad SMARTS) is 1. The van der Waals surface area contributed by atoms with Gasteiger partial charge in [-0.25, -0.2) is 0 Å². The zero-order chi connectivity index (χ0) is 17.5. The molecule has 126 valence electrons. The molecule has 1 atom stereocenters. The van der Waals surface area contributed by atoms with Crippen LogP contribution in [0.15, 0.2) is 48.5 Å². The van der Waals surface area contributed by atoms with Gasteiger partial charge in [-0.2, -0.15) is 0 Å². The first kappa shape index (κ1) is 17.8. The van der Waals surface area contributed by atoms with Crippen molar-refractivity contribution >= 4 is 29.2 Å². The van der Waals surface area contributed by atoms with Gasteiger partial charge in [-0.3, -0.25) is 9.59 Å². The Morgan fingerprint density at radius 1 is 1.12 bits per heavy atom. The van der Waals surface area contributed by atoms with Gasteiger partial charge in [0, 0.05) is 17.1 Å². The van der Waals surface area contributed by atoms with Crippen LogP contribution >= 0.6 is 11.6 Å². The Morgan fingerprint density at radius 2 is 1.75 bits per heavy atom. The van der Waals surface area contributed by atoms with Crippen molar-refractivity contribution in [3.63, 3.8) is 0 Å². The molecule has 2 N–H and O–H groups in total. The summed E-state index contributed by atoms with van der Waals surface area (Å²) < 4.78 is 5.07. The predicted molar refractivity (Wildman–Crippen MR) is 92.5 cm³/mol. The number of halogens is 1. The third-order valence-electron chi connectivity index (χ3n) is 3.55. The van der Waals surface area contributed by atoms with E-state index in [1.54, 1.807) is 55.6 Å². The van der Waals surface area contributed by atoms with Crippen LogP contribution in [0, 0.1) is 5.92 Å². The van der Waals surface area contributed by atoms with E-state index in [2.05, 4.69) is 5.32 Å². The number of carboxylic acids is 1. The molecular weight excluding hydrogens is 330 g/mol. The fourth-order valence-corrected chi connectivity index (χ4v) is 2.39. The van der Waals surface area contributed by atoms with Crippen molar-refractivity contribution < 1.29 is 19.4 Å². The standard InChI is InChI=1S/C18H18ClNO4/c1-24-16-8-2-12(3-9-16)10-13(18(22)23)11-17(21)20-15-6-4-14(19)5-7-15/h2-9,13H,10-11H2,1H3,(H,20,21)(H,22,23). The highest BCUT2D eigenvalue weighted by molar-refractivity contribution is 6.30. The smallest absolute Gasteiger partial charge is 0.307 e. The van der Waals surface area contributed by atoms with Gasteiger partial charge in [0.05, 0.1) is 13.0 Å². The van der Waals surface area contributed by atoms with Gasteiger partial charge in [-0.05, 0) is 48.4 Å². The van der Waals surface area contributed by atoms with Crippen LogP contribution in [0.1, 0.15) is 12.0 Å². The Kier molecular flexibility index (Phi) is 6.21. The van der Waals surface area contributed by atoms with E-state index in [0.29, 0.717) is 16.5 Å². The number of nitrogens with one attached hydrogen (secondary N) is 1. The molecule has 0 aromatic heterocycles.